The molecule has 0 fully saturated rings. The van der Waals surface area contributed by atoms with Crippen LogP contribution in [0.2, 0.25) is 0 Å². The average Bonchev–Trinajstić information content (AvgIpc) is 3.14. The van der Waals surface area contributed by atoms with Crippen LogP contribution in [-0.4, -0.2) is 45.4 Å². The van der Waals surface area contributed by atoms with Crippen LogP contribution < -0.4 is 10.1 Å². The smallest absolute Gasteiger partial charge is 0.252 e. The lowest BCUT2D eigenvalue weighted by atomic mass is 10.3. The van der Waals surface area contributed by atoms with E-state index in [0.29, 0.717) is 13.2 Å². The molecule has 6 nitrogen and oxygen atoms in total. The maximum absolute atomic E-state index is 12.2. The summed E-state index contributed by atoms with van der Waals surface area (Å²) >= 11 is 1.14. The molecule has 2 rings (SSSR count). The number of benzene rings is 1. The lowest BCUT2D eigenvalue weighted by Crippen LogP contribution is -2.38. The topological polar surface area (TPSA) is 75.7 Å². The zero-order valence-electron chi connectivity index (χ0n) is 14.1. The Morgan fingerprint density at radius 3 is 2.60 bits per heavy atom. The van der Waals surface area contributed by atoms with Gasteiger partial charge in [-0.3, -0.25) is 4.79 Å². The van der Waals surface area contributed by atoms with Crippen LogP contribution in [0.4, 0.5) is 0 Å². The number of carbonyl (C=O) groups excluding carboxylic acids is 1. The molecule has 1 heterocycles. The van der Waals surface area contributed by atoms with Gasteiger partial charge in [-0.25, -0.2) is 8.42 Å². The lowest BCUT2D eigenvalue weighted by Gasteiger charge is -2.15. The second-order valence-electron chi connectivity index (χ2n) is 5.41. The van der Waals surface area contributed by atoms with E-state index in [0.717, 1.165) is 34.2 Å². The number of hydrogen-bond donors (Lipinski definition) is 1. The first-order chi connectivity index (χ1) is 12.0. The van der Waals surface area contributed by atoms with Crippen LogP contribution in [0.3, 0.4) is 0 Å². The van der Waals surface area contributed by atoms with E-state index in [1.807, 2.05) is 30.3 Å². The summed E-state index contributed by atoms with van der Waals surface area (Å²) in [6.07, 6.45) is 1.57. The molecule has 0 saturated carbocycles. The molecule has 136 valence electrons. The van der Waals surface area contributed by atoms with E-state index in [1.54, 1.807) is 11.4 Å². The number of para-hydroxylation sites is 1. The van der Waals surface area contributed by atoms with Gasteiger partial charge in [-0.15, -0.1) is 11.3 Å². The van der Waals surface area contributed by atoms with Crippen molar-refractivity contribution in [1.82, 2.24) is 9.62 Å². The molecule has 0 aliphatic rings. The van der Waals surface area contributed by atoms with Crippen molar-refractivity contribution in [3.8, 4) is 5.75 Å². The molecule has 0 aliphatic carbocycles. The van der Waals surface area contributed by atoms with Crippen molar-refractivity contribution < 1.29 is 17.9 Å². The van der Waals surface area contributed by atoms with E-state index in [1.165, 1.54) is 13.1 Å². The first-order valence-corrected chi connectivity index (χ1v) is 10.3. The molecule has 25 heavy (non-hydrogen) atoms. The first-order valence-electron chi connectivity index (χ1n) is 7.94. The van der Waals surface area contributed by atoms with Gasteiger partial charge in [0, 0.05) is 13.6 Å². The summed E-state index contributed by atoms with van der Waals surface area (Å²) in [6.45, 7) is 0.872. The minimum atomic E-state index is -3.59. The standard InChI is InChI=1S/C17H22N2O4S2/c1-19(25(21,22)17-10-7-13-24-17)14-16(20)18-11-5-6-12-23-15-8-3-2-4-9-15/h2-4,7-10,13H,5-6,11-12,14H2,1H3,(H,18,20). The molecule has 8 heteroatoms. The third-order valence-corrected chi connectivity index (χ3v) is 6.61. The Morgan fingerprint density at radius 2 is 1.92 bits per heavy atom. The number of nitrogens with zero attached hydrogens (tertiary/aromatic N) is 1. The number of thiophene rings is 1. The van der Waals surface area contributed by atoms with Gasteiger partial charge in [-0.2, -0.15) is 4.31 Å². The Bertz CT molecular complexity index is 746. The molecule has 1 amide bonds. The number of hydrogen-bond acceptors (Lipinski definition) is 5. The highest BCUT2D eigenvalue weighted by Gasteiger charge is 2.23. The number of likely N-dealkylation sites (N-methyl/N-ethyl adjacent to an activating group) is 1. The maximum atomic E-state index is 12.2. The Kier molecular flexibility index (Phi) is 7.42. The number of ether oxygens (including phenoxy) is 1. The molecule has 1 aromatic carbocycles. The van der Waals surface area contributed by atoms with Gasteiger partial charge in [0.05, 0.1) is 13.2 Å². The number of carbonyl (C=O) groups is 1. The van der Waals surface area contributed by atoms with Gasteiger partial charge in [-0.05, 0) is 36.4 Å². The molecule has 1 N–H and O–H groups in total. The van der Waals surface area contributed by atoms with Crippen molar-refractivity contribution in [3.05, 3.63) is 47.8 Å². The lowest BCUT2D eigenvalue weighted by molar-refractivity contribution is -0.121. The Morgan fingerprint density at radius 1 is 1.16 bits per heavy atom. The molecule has 0 aliphatic heterocycles. The van der Waals surface area contributed by atoms with Crippen molar-refractivity contribution in [2.45, 2.75) is 17.1 Å². The molecule has 0 bridgehead atoms. The zero-order valence-corrected chi connectivity index (χ0v) is 15.7. The molecule has 0 atom stereocenters. The second-order valence-corrected chi connectivity index (χ2v) is 8.63. The first kappa shape index (κ1) is 19.4. The van der Waals surface area contributed by atoms with Gasteiger partial charge in [0.15, 0.2) is 0 Å². The fourth-order valence-electron chi connectivity index (χ4n) is 2.07. The molecule has 1 aromatic heterocycles. The van der Waals surface area contributed by atoms with Gasteiger partial charge in [0.1, 0.15) is 9.96 Å². The SMILES string of the molecule is CN(CC(=O)NCCCCOc1ccccc1)S(=O)(=O)c1cccs1. The molecule has 0 spiro atoms. The summed E-state index contributed by atoms with van der Waals surface area (Å²) in [5.74, 6) is 0.513. The van der Waals surface area contributed by atoms with E-state index in [9.17, 15) is 13.2 Å². The van der Waals surface area contributed by atoms with Crippen LogP contribution in [-0.2, 0) is 14.8 Å². The fraction of sp³-hybridized carbons (Fsp3) is 0.353. The zero-order chi connectivity index (χ0) is 18.1. The van der Waals surface area contributed by atoms with E-state index >= 15 is 0 Å². The second kappa shape index (κ2) is 9.55. The monoisotopic (exact) mass is 382 g/mol. The molecule has 0 saturated heterocycles. The van der Waals surface area contributed by atoms with Gasteiger partial charge in [-0.1, -0.05) is 24.3 Å². The van der Waals surface area contributed by atoms with Gasteiger partial charge >= 0.3 is 0 Å². The Balaban J connectivity index is 1.62. The van der Waals surface area contributed by atoms with Gasteiger partial charge in [0.2, 0.25) is 5.91 Å². The molecule has 2 aromatic rings. The van der Waals surface area contributed by atoms with Crippen LogP contribution >= 0.6 is 11.3 Å². The summed E-state index contributed by atoms with van der Waals surface area (Å²) in [7, 11) is -2.18. The van der Waals surface area contributed by atoms with E-state index < -0.39 is 10.0 Å². The summed E-state index contributed by atoms with van der Waals surface area (Å²) in [6, 6.07) is 12.7. The third-order valence-electron chi connectivity index (χ3n) is 3.43. The summed E-state index contributed by atoms with van der Waals surface area (Å²) in [5, 5.41) is 4.43. The number of unbranched alkanes of at least 4 members (excludes halogenated alkanes) is 1. The predicted molar refractivity (Wildman–Crippen MR) is 98.3 cm³/mol. The van der Waals surface area contributed by atoms with Crippen LogP contribution in [0.5, 0.6) is 5.75 Å². The number of rotatable bonds is 10. The van der Waals surface area contributed by atoms with Crippen molar-refractivity contribution in [2.75, 3.05) is 26.7 Å². The van der Waals surface area contributed by atoms with Gasteiger partial charge in [0.25, 0.3) is 10.0 Å². The highest BCUT2D eigenvalue weighted by Crippen LogP contribution is 2.19. The maximum Gasteiger partial charge on any atom is 0.252 e. The number of amides is 1. The Labute approximate surface area is 152 Å². The van der Waals surface area contributed by atoms with Crippen molar-refractivity contribution >= 4 is 27.3 Å². The third kappa shape index (κ3) is 6.15. The summed E-state index contributed by atoms with van der Waals surface area (Å²) in [5.41, 5.74) is 0. The number of sulfonamides is 1. The average molecular weight is 383 g/mol. The van der Waals surface area contributed by atoms with Crippen molar-refractivity contribution in [2.24, 2.45) is 0 Å². The van der Waals surface area contributed by atoms with Crippen LogP contribution in [0.15, 0.2) is 52.1 Å². The molecular formula is C17H22N2O4S2. The highest BCUT2D eigenvalue weighted by molar-refractivity contribution is 7.91. The van der Waals surface area contributed by atoms with E-state index in [4.69, 9.17) is 4.74 Å². The molecular weight excluding hydrogens is 360 g/mol. The van der Waals surface area contributed by atoms with Crippen molar-refractivity contribution in [1.29, 1.82) is 0 Å². The minimum absolute atomic E-state index is 0.194. The van der Waals surface area contributed by atoms with Crippen LogP contribution in [0.1, 0.15) is 12.8 Å². The van der Waals surface area contributed by atoms with Crippen molar-refractivity contribution in [3.63, 3.8) is 0 Å². The largest absolute Gasteiger partial charge is 0.494 e. The van der Waals surface area contributed by atoms with Crippen LogP contribution in [0.25, 0.3) is 0 Å². The quantitative estimate of drug-likeness (QED) is 0.640. The highest BCUT2D eigenvalue weighted by atomic mass is 32.2. The fourth-order valence-corrected chi connectivity index (χ4v) is 4.40. The predicted octanol–water partition coefficient (Wildman–Crippen LogP) is 2.34. The minimum Gasteiger partial charge on any atom is -0.494 e. The Hall–Kier alpha value is -1.90. The van der Waals surface area contributed by atoms with E-state index in [-0.39, 0.29) is 16.7 Å². The van der Waals surface area contributed by atoms with Gasteiger partial charge < -0.3 is 10.1 Å². The normalized spacial score (nSPS) is 11.4. The summed E-state index contributed by atoms with van der Waals surface area (Å²) < 4.78 is 31.3. The summed E-state index contributed by atoms with van der Waals surface area (Å²) in [4.78, 5) is 11.9. The molecule has 0 radical (unpaired) electrons. The van der Waals surface area contributed by atoms with E-state index in [2.05, 4.69) is 5.32 Å². The molecule has 0 unspecified atom stereocenters. The number of nitrogens with one attached hydrogen (secondary N) is 1. The van der Waals surface area contributed by atoms with Crippen LogP contribution in [0, 0.1) is 0 Å².